The maximum Gasteiger partial charge on any atom is 0.257 e. The second-order valence-electron chi connectivity index (χ2n) is 7.48. The number of carbonyl (C=O) groups excluding carboxylic acids is 2. The minimum atomic E-state index is -0.332. The number of nitrogens with zero attached hydrogens (tertiary/aromatic N) is 2. The number of nitrogens with one attached hydrogen (secondary N) is 3. The number of hydrogen-bond acceptors (Lipinski definition) is 5. The van der Waals surface area contributed by atoms with Crippen molar-refractivity contribution in [3.05, 3.63) is 89.2 Å². The van der Waals surface area contributed by atoms with Gasteiger partial charge < -0.3 is 16.0 Å². The van der Waals surface area contributed by atoms with Gasteiger partial charge in [0.2, 0.25) is 0 Å². The molecule has 0 aliphatic heterocycles. The number of rotatable bonds is 5. The van der Waals surface area contributed by atoms with Gasteiger partial charge in [0.25, 0.3) is 11.8 Å². The predicted molar refractivity (Wildman–Crippen MR) is 127 cm³/mol. The van der Waals surface area contributed by atoms with Gasteiger partial charge in [0, 0.05) is 30.5 Å². The predicted octanol–water partition coefficient (Wildman–Crippen LogP) is 4.60. The molecule has 7 nitrogen and oxygen atoms in total. The van der Waals surface area contributed by atoms with Crippen molar-refractivity contribution in [2.24, 2.45) is 0 Å². The van der Waals surface area contributed by atoms with E-state index in [2.05, 4.69) is 25.9 Å². The van der Waals surface area contributed by atoms with Crippen molar-refractivity contribution >= 4 is 39.9 Å². The van der Waals surface area contributed by atoms with Gasteiger partial charge in [-0.25, -0.2) is 4.98 Å². The van der Waals surface area contributed by atoms with Gasteiger partial charge in [-0.15, -0.1) is 0 Å². The monoisotopic (exact) mass is 425 g/mol. The van der Waals surface area contributed by atoms with Crippen LogP contribution in [0.3, 0.4) is 0 Å². The van der Waals surface area contributed by atoms with E-state index in [1.165, 1.54) is 6.20 Å². The zero-order valence-corrected chi connectivity index (χ0v) is 18.1. The van der Waals surface area contributed by atoms with E-state index in [4.69, 9.17) is 0 Å². The fourth-order valence-corrected chi connectivity index (χ4v) is 3.47. The van der Waals surface area contributed by atoms with Crippen molar-refractivity contribution in [2.45, 2.75) is 13.8 Å². The van der Waals surface area contributed by atoms with Crippen molar-refractivity contribution < 1.29 is 9.59 Å². The molecule has 160 valence electrons. The fraction of sp³-hybridized carbons (Fsp3) is 0.120. The molecule has 2 aromatic heterocycles. The van der Waals surface area contributed by atoms with Crippen LogP contribution in [0.1, 0.15) is 31.8 Å². The molecule has 7 heteroatoms. The zero-order chi connectivity index (χ0) is 22.7. The largest absolute Gasteiger partial charge is 0.355 e. The number of pyridine rings is 2. The lowest BCUT2D eigenvalue weighted by atomic mass is 10.1. The Hall–Kier alpha value is -4.26. The second kappa shape index (κ2) is 8.85. The van der Waals surface area contributed by atoms with E-state index >= 15 is 0 Å². The van der Waals surface area contributed by atoms with Crippen molar-refractivity contribution in [1.82, 2.24) is 15.3 Å². The Balaban J connectivity index is 1.75. The highest BCUT2D eigenvalue weighted by molar-refractivity contribution is 6.13. The molecule has 2 heterocycles. The third kappa shape index (κ3) is 4.27. The molecular formula is C25H23N5O2. The molecule has 0 atom stereocenters. The molecule has 0 radical (unpaired) electrons. The maximum absolute atomic E-state index is 13.3. The van der Waals surface area contributed by atoms with Crippen molar-refractivity contribution in [1.29, 1.82) is 0 Å². The third-order valence-corrected chi connectivity index (χ3v) is 5.12. The molecular weight excluding hydrogens is 402 g/mol. The van der Waals surface area contributed by atoms with Gasteiger partial charge in [0.1, 0.15) is 0 Å². The summed E-state index contributed by atoms with van der Waals surface area (Å²) < 4.78 is 0. The van der Waals surface area contributed by atoms with Crippen LogP contribution in [0, 0.1) is 13.8 Å². The highest BCUT2D eigenvalue weighted by Crippen LogP contribution is 2.28. The molecule has 0 unspecified atom stereocenters. The van der Waals surface area contributed by atoms with Gasteiger partial charge in [-0.2, -0.15) is 0 Å². The summed E-state index contributed by atoms with van der Waals surface area (Å²) in [6, 6.07) is 16.9. The standard InChI is InChI=1S/C25H23N5O2/c1-15-11-17-8-6-10-27-22(17)19(12-15)25(32)30-21-13-18(24(31)26-3)14-28-23(21)29-20-9-5-4-7-16(20)2/h4-14H,1-3H3,(H,26,31)(H,28,29)(H,30,32). The normalized spacial score (nSPS) is 10.6. The lowest BCUT2D eigenvalue weighted by Gasteiger charge is -2.15. The van der Waals surface area contributed by atoms with Gasteiger partial charge >= 0.3 is 0 Å². The first-order valence-electron chi connectivity index (χ1n) is 10.2. The van der Waals surface area contributed by atoms with E-state index in [1.54, 1.807) is 25.4 Å². The number of carbonyl (C=O) groups is 2. The van der Waals surface area contributed by atoms with Crippen LogP contribution in [0.5, 0.6) is 0 Å². The van der Waals surface area contributed by atoms with Crippen LogP contribution in [0.15, 0.2) is 67.0 Å². The highest BCUT2D eigenvalue weighted by atomic mass is 16.2. The molecule has 0 bridgehead atoms. The number of anilines is 3. The molecule has 3 N–H and O–H groups in total. The molecule has 2 amide bonds. The van der Waals surface area contributed by atoms with Crippen LogP contribution < -0.4 is 16.0 Å². The Kier molecular flexibility index (Phi) is 5.81. The van der Waals surface area contributed by atoms with Crippen molar-refractivity contribution in [3.8, 4) is 0 Å². The van der Waals surface area contributed by atoms with Crippen LogP contribution in [0.2, 0.25) is 0 Å². The van der Waals surface area contributed by atoms with E-state index in [1.807, 2.05) is 56.3 Å². The third-order valence-electron chi connectivity index (χ3n) is 5.12. The topological polar surface area (TPSA) is 96.0 Å². The number of aryl methyl sites for hydroxylation is 2. The lowest BCUT2D eigenvalue weighted by molar-refractivity contribution is 0.0961. The number of hydrogen-bond donors (Lipinski definition) is 3. The Bertz CT molecular complexity index is 1330. The molecule has 4 aromatic rings. The minimum Gasteiger partial charge on any atom is -0.355 e. The summed E-state index contributed by atoms with van der Waals surface area (Å²) in [7, 11) is 1.55. The Morgan fingerprint density at radius 2 is 1.69 bits per heavy atom. The van der Waals surface area contributed by atoms with Gasteiger partial charge in [0.05, 0.1) is 22.3 Å². The lowest BCUT2D eigenvalue weighted by Crippen LogP contribution is -2.20. The van der Waals surface area contributed by atoms with Crippen LogP contribution in [0.4, 0.5) is 17.2 Å². The first-order chi connectivity index (χ1) is 15.5. The SMILES string of the molecule is CNC(=O)c1cnc(Nc2ccccc2C)c(NC(=O)c2cc(C)cc3cccnc23)c1. The molecule has 0 saturated carbocycles. The van der Waals surface area contributed by atoms with Gasteiger partial charge in [-0.05, 0) is 55.3 Å². The molecule has 2 aromatic carbocycles. The molecule has 0 fully saturated rings. The summed E-state index contributed by atoms with van der Waals surface area (Å²) in [5.41, 5.74) is 4.62. The zero-order valence-electron chi connectivity index (χ0n) is 18.1. The smallest absolute Gasteiger partial charge is 0.257 e. The van der Waals surface area contributed by atoms with E-state index < -0.39 is 0 Å². The summed E-state index contributed by atoms with van der Waals surface area (Å²) in [5, 5.41) is 9.64. The summed E-state index contributed by atoms with van der Waals surface area (Å²) >= 11 is 0. The Morgan fingerprint density at radius 1 is 0.875 bits per heavy atom. The van der Waals surface area contributed by atoms with Crippen molar-refractivity contribution in [2.75, 3.05) is 17.7 Å². The average molecular weight is 425 g/mol. The number of amides is 2. The minimum absolute atomic E-state index is 0.293. The fourth-order valence-electron chi connectivity index (χ4n) is 3.47. The molecule has 0 saturated heterocycles. The Labute approximate surface area is 185 Å². The average Bonchev–Trinajstić information content (AvgIpc) is 2.80. The van der Waals surface area contributed by atoms with Gasteiger partial charge in [0.15, 0.2) is 5.82 Å². The Morgan fingerprint density at radius 3 is 2.47 bits per heavy atom. The number of benzene rings is 2. The maximum atomic E-state index is 13.3. The summed E-state index contributed by atoms with van der Waals surface area (Å²) in [6.07, 6.45) is 3.13. The second-order valence-corrected chi connectivity index (χ2v) is 7.48. The summed E-state index contributed by atoms with van der Waals surface area (Å²) in [6.45, 7) is 3.91. The number of aromatic nitrogens is 2. The number of para-hydroxylation sites is 1. The summed E-state index contributed by atoms with van der Waals surface area (Å²) in [5.74, 6) is -0.190. The van der Waals surface area contributed by atoms with E-state index in [0.717, 1.165) is 22.2 Å². The molecule has 0 spiro atoms. The quantitative estimate of drug-likeness (QED) is 0.434. The van der Waals surface area contributed by atoms with Crippen LogP contribution in [-0.4, -0.2) is 28.8 Å². The van der Waals surface area contributed by atoms with Crippen LogP contribution in [-0.2, 0) is 0 Å². The van der Waals surface area contributed by atoms with E-state index in [-0.39, 0.29) is 11.8 Å². The number of fused-ring (bicyclic) bond motifs is 1. The van der Waals surface area contributed by atoms with Gasteiger partial charge in [-0.3, -0.25) is 14.6 Å². The first kappa shape index (κ1) is 21.0. The summed E-state index contributed by atoms with van der Waals surface area (Å²) in [4.78, 5) is 34.3. The van der Waals surface area contributed by atoms with Crippen LogP contribution in [0.25, 0.3) is 10.9 Å². The van der Waals surface area contributed by atoms with Gasteiger partial charge in [-0.1, -0.05) is 24.3 Å². The van der Waals surface area contributed by atoms with Crippen molar-refractivity contribution in [3.63, 3.8) is 0 Å². The van der Waals surface area contributed by atoms with E-state index in [9.17, 15) is 9.59 Å². The molecule has 0 aliphatic rings. The van der Waals surface area contributed by atoms with E-state index in [0.29, 0.717) is 28.1 Å². The molecule has 4 rings (SSSR count). The van der Waals surface area contributed by atoms with Crippen LogP contribution >= 0.6 is 0 Å². The highest BCUT2D eigenvalue weighted by Gasteiger charge is 2.17. The molecule has 0 aliphatic carbocycles. The first-order valence-corrected chi connectivity index (χ1v) is 10.2. The molecule has 32 heavy (non-hydrogen) atoms.